The first-order chi connectivity index (χ1) is 14.8. The quantitative estimate of drug-likeness (QED) is 0.567. The number of carbonyl (C=O) groups excluding carboxylic acids is 1. The minimum atomic E-state index is -0.0518. The van der Waals surface area contributed by atoms with E-state index >= 15 is 0 Å². The van der Waals surface area contributed by atoms with E-state index in [4.69, 9.17) is 32.5 Å². The lowest BCUT2D eigenvalue weighted by Gasteiger charge is -2.37. The average Bonchev–Trinajstić information content (AvgIpc) is 3.32. The smallest absolute Gasteiger partial charge is 0.259 e. The summed E-state index contributed by atoms with van der Waals surface area (Å²) in [4.78, 5) is 16.8. The Balaban J connectivity index is 1.28. The topological polar surface area (TPSA) is 58.8 Å². The van der Waals surface area contributed by atoms with Gasteiger partial charge in [0.15, 0.2) is 0 Å². The lowest BCUT2D eigenvalue weighted by molar-refractivity contribution is 0.0418. The molecule has 1 aliphatic heterocycles. The molecule has 0 N–H and O–H groups in total. The van der Waals surface area contributed by atoms with Crippen LogP contribution in [0.25, 0.3) is 0 Å². The van der Waals surface area contributed by atoms with Crippen molar-refractivity contribution in [1.82, 2.24) is 15.0 Å². The van der Waals surface area contributed by atoms with Crippen LogP contribution in [0.5, 0.6) is 5.75 Å². The van der Waals surface area contributed by atoms with Crippen LogP contribution in [0.3, 0.4) is 0 Å². The third kappa shape index (κ3) is 5.02. The zero-order valence-electron chi connectivity index (χ0n) is 18.3. The number of aryl methyl sites for hydroxylation is 2. The standard InChI is InChI=1S/C23H29Cl2N3O3/c1-14-22(15(2)31-26-14)23(29)27(3)12-16-8-18(9-16)30-21-11-19(24)17(10-20(21)25)13-28-6-4-5-7-28/h10-11,16,18H,4-9,12-13H2,1-3H3. The van der Waals surface area contributed by atoms with Crippen molar-refractivity contribution >= 4 is 29.1 Å². The normalized spacial score (nSPS) is 21.2. The van der Waals surface area contributed by atoms with E-state index in [2.05, 4.69) is 10.1 Å². The predicted octanol–water partition coefficient (Wildman–Crippen LogP) is 5.12. The Labute approximate surface area is 193 Å². The number of aromatic nitrogens is 1. The molecule has 31 heavy (non-hydrogen) atoms. The van der Waals surface area contributed by atoms with Crippen LogP contribution >= 0.6 is 23.2 Å². The van der Waals surface area contributed by atoms with Crippen molar-refractivity contribution < 1.29 is 14.1 Å². The molecule has 0 radical (unpaired) electrons. The number of ether oxygens (including phenoxy) is 1. The van der Waals surface area contributed by atoms with Gasteiger partial charge in [-0.3, -0.25) is 9.69 Å². The summed E-state index contributed by atoms with van der Waals surface area (Å²) in [5, 5.41) is 5.18. The highest BCUT2D eigenvalue weighted by Crippen LogP contribution is 2.37. The number of halogens is 2. The van der Waals surface area contributed by atoms with Gasteiger partial charge in [0.1, 0.15) is 17.1 Å². The molecular weight excluding hydrogens is 437 g/mol. The van der Waals surface area contributed by atoms with Gasteiger partial charge in [-0.2, -0.15) is 0 Å². The highest BCUT2D eigenvalue weighted by atomic mass is 35.5. The summed E-state index contributed by atoms with van der Waals surface area (Å²) in [6, 6.07) is 3.78. The van der Waals surface area contributed by atoms with Crippen molar-refractivity contribution in [2.75, 3.05) is 26.7 Å². The first kappa shape index (κ1) is 22.4. The maximum absolute atomic E-state index is 12.7. The summed E-state index contributed by atoms with van der Waals surface area (Å²) >= 11 is 13.0. The van der Waals surface area contributed by atoms with Gasteiger partial charge in [0.05, 0.1) is 16.8 Å². The van der Waals surface area contributed by atoms with E-state index < -0.39 is 0 Å². The SMILES string of the molecule is Cc1noc(C)c1C(=O)N(C)CC1CC(Oc2cc(Cl)c(CN3CCCC3)cc2Cl)C1. The number of rotatable bonds is 7. The lowest BCUT2D eigenvalue weighted by atomic mass is 9.82. The molecule has 0 atom stereocenters. The number of amides is 1. The first-order valence-corrected chi connectivity index (χ1v) is 11.6. The second kappa shape index (κ2) is 9.39. The largest absolute Gasteiger partial charge is 0.489 e. The van der Waals surface area contributed by atoms with Crippen molar-refractivity contribution in [3.05, 3.63) is 44.8 Å². The molecule has 2 aliphatic rings. The molecule has 0 spiro atoms. The Morgan fingerprint density at radius 1 is 1.23 bits per heavy atom. The fourth-order valence-corrected chi connectivity index (χ4v) is 4.96. The van der Waals surface area contributed by atoms with E-state index in [-0.39, 0.29) is 12.0 Å². The Hall–Kier alpha value is -1.76. The zero-order valence-corrected chi connectivity index (χ0v) is 19.8. The van der Waals surface area contributed by atoms with Crippen LogP contribution in [0.1, 0.15) is 53.1 Å². The van der Waals surface area contributed by atoms with Crippen LogP contribution in [-0.2, 0) is 6.54 Å². The van der Waals surface area contributed by atoms with Gasteiger partial charge in [0.25, 0.3) is 5.91 Å². The van der Waals surface area contributed by atoms with Gasteiger partial charge in [-0.1, -0.05) is 28.4 Å². The van der Waals surface area contributed by atoms with Gasteiger partial charge in [-0.25, -0.2) is 0 Å². The predicted molar refractivity (Wildman–Crippen MR) is 121 cm³/mol. The summed E-state index contributed by atoms with van der Waals surface area (Å²) in [5.41, 5.74) is 2.24. The van der Waals surface area contributed by atoms with E-state index in [0.29, 0.717) is 45.3 Å². The molecule has 6 nitrogen and oxygen atoms in total. The van der Waals surface area contributed by atoms with Crippen LogP contribution in [0, 0.1) is 19.8 Å². The Bertz CT molecular complexity index is 930. The number of carbonyl (C=O) groups is 1. The van der Waals surface area contributed by atoms with E-state index in [9.17, 15) is 4.79 Å². The molecule has 1 aromatic carbocycles. The van der Waals surface area contributed by atoms with Crippen molar-refractivity contribution in [1.29, 1.82) is 0 Å². The molecule has 4 rings (SSSR count). The minimum absolute atomic E-state index is 0.0518. The first-order valence-electron chi connectivity index (χ1n) is 10.9. The zero-order chi connectivity index (χ0) is 22.1. The van der Waals surface area contributed by atoms with Crippen LogP contribution in [0.4, 0.5) is 0 Å². The molecule has 0 unspecified atom stereocenters. The molecular formula is C23H29Cl2N3O3. The van der Waals surface area contributed by atoms with Gasteiger partial charge in [0.2, 0.25) is 0 Å². The number of benzene rings is 1. The molecule has 2 heterocycles. The Morgan fingerprint density at radius 2 is 1.94 bits per heavy atom. The molecule has 0 bridgehead atoms. The summed E-state index contributed by atoms with van der Waals surface area (Å²) in [5.74, 6) is 1.54. The summed E-state index contributed by atoms with van der Waals surface area (Å²) in [7, 11) is 1.82. The fraction of sp³-hybridized carbons (Fsp3) is 0.565. The van der Waals surface area contributed by atoms with E-state index in [1.807, 2.05) is 19.2 Å². The number of hydrogen-bond donors (Lipinski definition) is 0. The van der Waals surface area contributed by atoms with Crippen LogP contribution in [-0.4, -0.2) is 53.6 Å². The van der Waals surface area contributed by atoms with Gasteiger partial charge >= 0.3 is 0 Å². The second-order valence-electron chi connectivity index (χ2n) is 8.82. The molecule has 168 valence electrons. The van der Waals surface area contributed by atoms with Crippen molar-refractivity contribution in [3.63, 3.8) is 0 Å². The highest BCUT2D eigenvalue weighted by molar-refractivity contribution is 6.34. The van der Waals surface area contributed by atoms with E-state index in [1.54, 1.807) is 18.7 Å². The number of nitrogens with zero attached hydrogens (tertiary/aromatic N) is 3. The Kier molecular flexibility index (Phi) is 6.80. The maximum Gasteiger partial charge on any atom is 0.259 e. The average molecular weight is 466 g/mol. The third-order valence-corrected chi connectivity index (χ3v) is 6.95. The molecule has 1 saturated carbocycles. The summed E-state index contributed by atoms with van der Waals surface area (Å²) in [6.07, 6.45) is 4.33. The van der Waals surface area contributed by atoms with Crippen LogP contribution in [0.15, 0.2) is 16.7 Å². The van der Waals surface area contributed by atoms with Crippen LogP contribution in [0.2, 0.25) is 10.0 Å². The van der Waals surface area contributed by atoms with Crippen LogP contribution < -0.4 is 4.74 Å². The highest BCUT2D eigenvalue weighted by Gasteiger charge is 2.34. The van der Waals surface area contributed by atoms with Crippen molar-refractivity contribution in [2.45, 2.75) is 52.2 Å². The summed E-state index contributed by atoms with van der Waals surface area (Å²) in [6.45, 7) is 7.28. The molecule has 2 aromatic rings. The second-order valence-corrected chi connectivity index (χ2v) is 9.63. The number of hydrogen-bond acceptors (Lipinski definition) is 5. The van der Waals surface area contributed by atoms with Crippen molar-refractivity contribution in [2.24, 2.45) is 5.92 Å². The van der Waals surface area contributed by atoms with E-state index in [1.165, 1.54) is 12.8 Å². The third-order valence-electron chi connectivity index (χ3n) is 6.31. The van der Waals surface area contributed by atoms with Gasteiger partial charge < -0.3 is 14.2 Å². The minimum Gasteiger partial charge on any atom is -0.489 e. The van der Waals surface area contributed by atoms with Gasteiger partial charge in [0, 0.05) is 31.2 Å². The van der Waals surface area contributed by atoms with Gasteiger partial charge in [-0.15, -0.1) is 0 Å². The molecule has 1 aromatic heterocycles. The van der Waals surface area contributed by atoms with Crippen molar-refractivity contribution in [3.8, 4) is 5.75 Å². The molecule has 1 saturated heterocycles. The molecule has 8 heteroatoms. The van der Waals surface area contributed by atoms with Gasteiger partial charge in [-0.05, 0) is 70.2 Å². The molecule has 1 amide bonds. The molecule has 2 fully saturated rings. The summed E-state index contributed by atoms with van der Waals surface area (Å²) < 4.78 is 11.2. The fourth-order valence-electron chi connectivity index (χ4n) is 4.51. The Morgan fingerprint density at radius 3 is 2.58 bits per heavy atom. The molecule has 1 aliphatic carbocycles. The monoisotopic (exact) mass is 465 g/mol. The lowest BCUT2D eigenvalue weighted by Crippen LogP contribution is -2.42. The maximum atomic E-state index is 12.7. The number of likely N-dealkylation sites (tertiary alicyclic amines) is 1. The van der Waals surface area contributed by atoms with E-state index in [0.717, 1.165) is 38.0 Å².